The Kier molecular flexibility index (Phi) is 5.13. The van der Waals surface area contributed by atoms with Gasteiger partial charge in [-0.3, -0.25) is 4.98 Å². The molecule has 4 rings (SSSR count). The zero-order valence-corrected chi connectivity index (χ0v) is 15.2. The minimum absolute atomic E-state index is 0.0747. The van der Waals surface area contributed by atoms with Crippen molar-refractivity contribution < 1.29 is 19.0 Å². The summed E-state index contributed by atoms with van der Waals surface area (Å²) in [5, 5.41) is 14.2. The van der Waals surface area contributed by atoms with Crippen molar-refractivity contribution in [2.24, 2.45) is 5.92 Å². The Morgan fingerprint density at radius 2 is 2.14 bits per heavy atom. The lowest BCUT2D eigenvalue weighted by molar-refractivity contribution is 0.201. The smallest absolute Gasteiger partial charge is 0.320 e. The number of carbonyl (C=O) groups excluding carboxylic acids is 1. The van der Waals surface area contributed by atoms with Crippen molar-refractivity contribution in [3.05, 3.63) is 53.1 Å². The first-order valence-corrected chi connectivity index (χ1v) is 9.22. The molecule has 1 aromatic heterocycles. The van der Waals surface area contributed by atoms with Crippen LogP contribution in [0.3, 0.4) is 0 Å². The maximum atomic E-state index is 14.7. The van der Waals surface area contributed by atoms with Crippen LogP contribution in [-0.2, 0) is 6.42 Å². The van der Waals surface area contributed by atoms with Crippen molar-refractivity contribution >= 4 is 11.7 Å². The molecule has 6 nitrogen and oxygen atoms in total. The third-order valence-electron chi connectivity index (χ3n) is 4.59. The number of carbonyl (C=O) groups is 1. The van der Waals surface area contributed by atoms with Gasteiger partial charge in [0, 0.05) is 29.3 Å². The van der Waals surface area contributed by atoms with Crippen LogP contribution in [0, 0.1) is 23.6 Å². The van der Waals surface area contributed by atoms with Gasteiger partial charge in [-0.15, -0.1) is 0 Å². The van der Waals surface area contributed by atoms with E-state index in [1.807, 2.05) is 0 Å². The summed E-state index contributed by atoms with van der Waals surface area (Å²) in [6.45, 7) is 0.119. The molecule has 2 aromatic rings. The fourth-order valence-electron chi connectivity index (χ4n) is 2.99. The van der Waals surface area contributed by atoms with Gasteiger partial charge in [0.05, 0.1) is 12.8 Å². The Balaban J connectivity index is 1.55. The average molecular weight is 381 g/mol. The summed E-state index contributed by atoms with van der Waals surface area (Å²) in [6.07, 6.45) is 3.99. The molecular weight excluding hydrogens is 361 g/mol. The summed E-state index contributed by atoms with van der Waals surface area (Å²) < 4.78 is 20.0. The van der Waals surface area contributed by atoms with Gasteiger partial charge in [0.25, 0.3) is 0 Å². The van der Waals surface area contributed by atoms with Crippen molar-refractivity contribution in [3.8, 4) is 17.6 Å². The van der Waals surface area contributed by atoms with Crippen LogP contribution < -0.4 is 15.4 Å². The van der Waals surface area contributed by atoms with E-state index < -0.39 is 6.04 Å². The first-order chi connectivity index (χ1) is 13.6. The summed E-state index contributed by atoms with van der Waals surface area (Å²) >= 11 is 0. The molecule has 1 aliphatic heterocycles. The third-order valence-corrected chi connectivity index (χ3v) is 4.59. The second-order valence-electron chi connectivity index (χ2n) is 6.86. The quantitative estimate of drug-likeness (QED) is 0.696. The van der Waals surface area contributed by atoms with Crippen molar-refractivity contribution in [1.29, 1.82) is 0 Å². The fourth-order valence-corrected chi connectivity index (χ4v) is 2.99. The van der Waals surface area contributed by atoms with Gasteiger partial charge in [-0.2, -0.15) is 0 Å². The summed E-state index contributed by atoms with van der Waals surface area (Å²) in [7, 11) is 0. The molecule has 1 saturated carbocycles. The molecule has 1 aliphatic carbocycles. The number of nitrogens with zero attached hydrogens (tertiary/aromatic N) is 1. The standard InChI is InChI=1S/C21H20FN3O3/c22-18-11-17-19(6-3-13-1-2-13)24-21(27)25-20(17)10-14(18)9-15-4-5-16(12-23-15)28-8-7-26/h4-5,10-13,19,26H,1-2,7-9H2,(H2,24,25,27). The highest BCUT2D eigenvalue weighted by Crippen LogP contribution is 2.32. The predicted octanol–water partition coefficient (Wildman–Crippen LogP) is 2.77. The summed E-state index contributed by atoms with van der Waals surface area (Å²) in [5.41, 5.74) is 2.31. The van der Waals surface area contributed by atoms with E-state index in [0.29, 0.717) is 34.2 Å². The minimum Gasteiger partial charge on any atom is -0.490 e. The number of aromatic nitrogens is 1. The van der Waals surface area contributed by atoms with Gasteiger partial charge in [0.2, 0.25) is 0 Å². The molecule has 0 saturated heterocycles. The van der Waals surface area contributed by atoms with Crippen molar-refractivity contribution in [2.45, 2.75) is 25.3 Å². The molecule has 1 unspecified atom stereocenters. The van der Waals surface area contributed by atoms with Crippen LogP contribution in [0.15, 0.2) is 30.5 Å². The molecular formula is C21H20FN3O3. The Morgan fingerprint density at radius 1 is 1.29 bits per heavy atom. The normalized spacial score (nSPS) is 17.6. The highest BCUT2D eigenvalue weighted by Gasteiger charge is 2.26. The Bertz CT molecular complexity index is 946. The van der Waals surface area contributed by atoms with Crippen LogP contribution in [-0.4, -0.2) is 29.3 Å². The number of pyridine rings is 1. The number of benzene rings is 1. The van der Waals surface area contributed by atoms with Gasteiger partial charge < -0.3 is 20.5 Å². The van der Waals surface area contributed by atoms with E-state index in [0.717, 1.165) is 12.8 Å². The first-order valence-electron chi connectivity index (χ1n) is 9.22. The fraction of sp³-hybridized carbons (Fsp3) is 0.333. The zero-order valence-electron chi connectivity index (χ0n) is 15.2. The molecule has 2 aliphatic rings. The third kappa shape index (κ3) is 4.24. The molecule has 0 spiro atoms. The first kappa shape index (κ1) is 18.3. The van der Waals surface area contributed by atoms with Gasteiger partial charge in [-0.05, 0) is 42.7 Å². The van der Waals surface area contributed by atoms with Crippen molar-refractivity contribution in [1.82, 2.24) is 10.3 Å². The van der Waals surface area contributed by atoms with E-state index in [1.54, 1.807) is 18.2 Å². The van der Waals surface area contributed by atoms with Crippen LogP contribution in [0.2, 0.25) is 0 Å². The van der Waals surface area contributed by atoms with Gasteiger partial charge in [-0.1, -0.05) is 11.8 Å². The monoisotopic (exact) mass is 381 g/mol. The van der Waals surface area contributed by atoms with Crippen LogP contribution in [0.1, 0.15) is 35.7 Å². The molecule has 0 radical (unpaired) electrons. The molecule has 1 aromatic carbocycles. The van der Waals surface area contributed by atoms with E-state index in [2.05, 4.69) is 27.5 Å². The predicted molar refractivity (Wildman–Crippen MR) is 101 cm³/mol. The highest BCUT2D eigenvalue weighted by atomic mass is 19.1. The molecule has 7 heteroatoms. The molecule has 1 fully saturated rings. The number of fused-ring (bicyclic) bond motifs is 1. The van der Waals surface area contributed by atoms with Gasteiger partial charge in [0.15, 0.2) is 0 Å². The van der Waals surface area contributed by atoms with Crippen molar-refractivity contribution in [3.63, 3.8) is 0 Å². The summed E-state index contributed by atoms with van der Waals surface area (Å²) in [5.74, 6) is 6.76. The molecule has 2 amide bonds. The molecule has 2 heterocycles. The van der Waals surface area contributed by atoms with Gasteiger partial charge in [-0.25, -0.2) is 9.18 Å². The molecule has 28 heavy (non-hydrogen) atoms. The number of halogens is 1. The Morgan fingerprint density at radius 3 is 2.86 bits per heavy atom. The summed E-state index contributed by atoms with van der Waals surface area (Å²) in [4.78, 5) is 16.2. The number of hydrogen-bond donors (Lipinski definition) is 3. The number of aliphatic hydroxyl groups excluding tert-OH is 1. The topological polar surface area (TPSA) is 83.5 Å². The molecule has 1 atom stereocenters. The largest absolute Gasteiger partial charge is 0.490 e. The lowest BCUT2D eigenvalue weighted by atomic mass is 9.98. The van der Waals surface area contributed by atoms with Crippen LogP contribution in [0.5, 0.6) is 5.75 Å². The Labute approximate surface area is 162 Å². The van der Waals surface area contributed by atoms with Crippen molar-refractivity contribution in [2.75, 3.05) is 18.5 Å². The number of urea groups is 1. The molecule has 144 valence electrons. The highest BCUT2D eigenvalue weighted by molar-refractivity contribution is 5.93. The van der Waals surface area contributed by atoms with Crippen LogP contribution in [0.4, 0.5) is 14.9 Å². The minimum atomic E-state index is -0.506. The second kappa shape index (κ2) is 7.87. The maximum Gasteiger partial charge on any atom is 0.320 e. The zero-order chi connectivity index (χ0) is 19.5. The average Bonchev–Trinajstić information content (AvgIpc) is 3.51. The number of rotatable bonds is 5. The lowest BCUT2D eigenvalue weighted by Gasteiger charge is -2.24. The Hall–Kier alpha value is -3.11. The second-order valence-corrected chi connectivity index (χ2v) is 6.86. The number of amides is 2. The van der Waals surface area contributed by atoms with E-state index in [1.165, 1.54) is 12.3 Å². The lowest BCUT2D eigenvalue weighted by Crippen LogP contribution is -2.37. The van der Waals surface area contributed by atoms with E-state index >= 15 is 0 Å². The van der Waals surface area contributed by atoms with Crippen LogP contribution >= 0.6 is 0 Å². The van der Waals surface area contributed by atoms with Gasteiger partial charge >= 0.3 is 6.03 Å². The van der Waals surface area contributed by atoms with Crippen LogP contribution in [0.25, 0.3) is 0 Å². The maximum absolute atomic E-state index is 14.7. The van der Waals surface area contributed by atoms with E-state index in [-0.39, 0.29) is 31.5 Å². The number of aliphatic hydroxyl groups is 1. The molecule has 3 N–H and O–H groups in total. The summed E-state index contributed by atoms with van der Waals surface area (Å²) in [6, 6.07) is 5.70. The number of ether oxygens (including phenoxy) is 1. The number of anilines is 1. The number of hydrogen-bond acceptors (Lipinski definition) is 4. The molecule has 0 bridgehead atoms. The SMILES string of the molecule is O=C1Nc2cc(Cc3ccc(OCCO)cn3)c(F)cc2C(C#CC2CC2)N1. The van der Waals surface area contributed by atoms with Gasteiger partial charge in [0.1, 0.15) is 24.2 Å². The number of nitrogens with one attached hydrogen (secondary N) is 2. The van der Waals surface area contributed by atoms with E-state index in [4.69, 9.17) is 9.84 Å². The van der Waals surface area contributed by atoms with E-state index in [9.17, 15) is 9.18 Å².